The van der Waals surface area contributed by atoms with Gasteiger partial charge in [-0.25, -0.2) is 19.2 Å². The molecule has 0 saturated carbocycles. The van der Waals surface area contributed by atoms with Crippen LogP contribution in [-0.2, 0) is 29.2 Å². The number of pyridine rings is 1. The Labute approximate surface area is 253 Å². The summed E-state index contributed by atoms with van der Waals surface area (Å²) < 4.78 is 34.1. The Morgan fingerprint density at radius 3 is 2.66 bits per heavy atom. The number of hydrogen-bond donors (Lipinski definition) is 1. The van der Waals surface area contributed by atoms with E-state index in [4.69, 9.17) is 34.5 Å². The normalized spacial score (nSPS) is 17.4. The van der Waals surface area contributed by atoms with Crippen LogP contribution in [0.5, 0.6) is 11.5 Å². The standard InChI is InChI=1S/C33H32FN5O5/c34-29-16-22(18-35)4-5-23(29)21-43-26-2-1-3-27(17-26)44-25-10-13-38(14-11-25)20-31-37-30-8-6-24(7-9-32(40)41)36-33(30)39(31)19-28-12-15-42-28/h1-9,16-17,25,28H,10-15,19-21H2,(H,40,41)/b9-7+/t28-/m0/s1. The monoisotopic (exact) mass is 597 g/mol. The van der Waals surface area contributed by atoms with Gasteiger partial charge in [0.1, 0.15) is 41.4 Å². The van der Waals surface area contributed by atoms with Gasteiger partial charge in [-0.15, -0.1) is 0 Å². The summed E-state index contributed by atoms with van der Waals surface area (Å²) in [5, 5.41) is 17.9. The number of rotatable bonds is 11. The van der Waals surface area contributed by atoms with Crippen LogP contribution in [0.2, 0.25) is 0 Å². The lowest BCUT2D eigenvalue weighted by Gasteiger charge is -2.32. The maximum absolute atomic E-state index is 14.2. The molecule has 44 heavy (non-hydrogen) atoms. The van der Waals surface area contributed by atoms with Crippen molar-refractivity contribution >= 4 is 23.2 Å². The predicted octanol–water partition coefficient (Wildman–Crippen LogP) is 4.95. The number of benzene rings is 2. The van der Waals surface area contributed by atoms with Crippen LogP contribution in [0.4, 0.5) is 4.39 Å². The molecular weight excluding hydrogens is 565 g/mol. The van der Waals surface area contributed by atoms with E-state index in [9.17, 15) is 9.18 Å². The number of nitrogens with zero attached hydrogens (tertiary/aromatic N) is 5. The van der Waals surface area contributed by atoms with Crippen LogP contribution in [0, 0.1) is 17.1 Å². The molecule has 0 aliphatic carbocycles. The fraction of sp³-hybridized carbons (Fsp3) is 0.333. The highest BCUT2D eigenvalue weighted by molar-refractivity contribution is 5.85. The first kappa shape index (κ1) is 29.3. The summed E-state index contributed by atoms with van der Waals surface area (Å²) in [5.41, 5.74) is 2.71. The van der Waals surface area contributed by atoms with Gasteiger partial charge in [0.2, 0.25) is 0 Å². The Balaban J connectivity index is 1.06. The van der Waals surface area contributed by atoms with Gasteiger partial charge in [-0.3, -0.25) is 4.90 Å². The lowest BCUT2D eigenvalue weighted by molar-refractivity contribution is -0.131. The minimum absolute atomic E-state index is 0.0462. The number of carboxylic acids is 1. The van der Waals surface area contributed by atoms with Gasteiger partial charge in [0.15, 0.2) is 5.65 Å². The topological polar surface area (TPSA) is 123 Å². The van der Waals surface area contributed by atoms with Gasteiger partial charge < -0.3 is 23.9 Å². The van der Waals surface area contributed by atoms with Crippen molar-refractivity contribution < 1.29 is 28.5 Å². The fourth-order valence-electron chi connectivity index (χ4n) is 5.37. The van der Waals surface area contributed by atoms with Crippen molar-refractivity contribution in [2.75, 3.05) is 19.7 Å². The van der Waals surface area contributed by atoms with E-state index in [0.29, 0.717) is 35.8 Å². The number of carbonyl (C=O) groups is 1. The Morgan fingerprint density at radius 2 is 1.93 bits per heavy atom. The molecule has 0 bridgehead atoms. The van der Waals surface area contributed by atoms with Gasteiger partial charge in [0.05, 0.1) is 36.5 Å². The highest BCUT2D eigenvalue weighted by Crippen LogP contribution is 2.26. The van der Waals surface area contributed by atoms with E-state index in [0.717, 1.165) is 62.0 Å². The zero-order valence-corrected chi connectivity index (χ0v) is 24.1. The van der Waals surface area contributed by atoms with Gasteiger partial charge in [-0.1, -0.05) is 12.1 Å². The molecule has 0 spiro atoms. The summed E-state index contributed by atoms with van der Waals surface area (Å²) >= 11 is 0. The minimum atomic E-state index is -1.02. The van der Waals surface area contributed by atoms with Gasteiger partial charge in [0, 0.05) is 37.4 Å². The van der Waals surface area contributed by atoms with Crippen LogP contribution < -0.4 is 9.47 Å². The number of ether oxygens (including phenoxy) is 3. The van der Waals surface area contributed by atoms with Crippen LogP contribution >= 0.6 is 0 Å². The molecule has 1 atom stereocenters. The molecule has 226 valence electrons. The van der Waals surface area contributed by atoms with Gasteiger partial charge in [-0.2, -0.15) is 5.26 Å². The maximum atomic E-state index is 14.2. The average Bonchev–Trinajstić information content (AvgIpc) is 3.34. The highest BCUT2D eigenvalue weighted by atomic mass is 19.1. The number of aliphatic carboxylic acids is 1. The molecule has 1 N–H and O–H groups in total. The van der Waals surface area contributed by atoms with E-state index in [1.165, 1.54) is 12.1 Å². The molecule has 2 aliphatic heterocycles. The van der Waals surface area contributed by atoms with Crippen LogP contribution in [-0.4, -0.2) is 62.4 Å². The summed E-state index contributed by atoms with van der Waals surface area (Å²) in [6, 6.07) is 17.3. The first-order chi connectivity index (χ1) is 21.4. The number of halogens is 1. The third-order valence-electron chi connectivity index (χ3n) is 7.85. The number of imidazole rings is 1. The van der Waals surface area contributed by atoms with Crippen molar-refractivity contribution in [3.05, 3.63) is 89.1 Å². The van der Waals surface area contributed by atoms with Gasteiger partial charge in [-0.05, 0) is 61.7 Å². The Hall–Kier alpha value is -4.79. The molecule has 2 aromatic heterocycles. The molecular formula is C33H32FN5O5. The number of hydrogen-bond acceptors (Lipinski definition) is 8. The van der Waals surface area contributed by atoms with E-state index in [1.54, 1.807) is 24.3 Å². The zero-order valence-electron chi connectivity index (χ0n) is 24.1. The van der Waals surface area contributed by atoms with Crippen molar-refractivity contribution in [1.29, 1.82) is 5.26 Å². The number of aromatic nitrogens is 3. The second-order valence-electron chi connectivity index (χ2n) is 10.9. The molecule has 4 heterocycles. The molecule has 2 saturated heterocycles. The molecule has 4 aromatic rings. The van der Waals surface area contributed by atoms with Crippen LogP contribution in [0.15, 0.2) is 60.7 Å². The molecule has 10 nitrogen and oxygen atoms in total. The summed E-state index contributed by atoms with van der Waals surface area (Å²) in [5.74, 6) is 0.693. The molecule has 2 fully saturated rings. The van der Waals surface area contributed by atoms with E-state index < -0.39 is 11.8 Å². The average molecular weight is 598 g/mol. The molecule has 0 amide bonds. The zero-order chi connectivity index (χ0) is 30.5. The van der Waals surface area contributed by atoms with Crippen LogP contribution in [0.1, 0.15) is 41.9 Å². The van der Waals surface area contributed by atoms with Crippen LogP contribution in [0.3, 0.4) is 0 Å². The quantitative estimate of drug-likeness (QED) is 0.239. The van der Waals surface area contributed by atoms with Crippen LogP contribution in [0.25, 0.3) is 17.2 Å². The van der Waals surface area contributed by atoms with Crippen molar-refractivity contribution in [1.82, 2.24) is 19.4 Å². The van der Waals surface area contributed by atoms with Crippen molar-refractivity contribution in [2.24, 2.45) is 0 Å². The highest BCUT2D eigenvalue weighted by Gasteiger charge is 2.26. The van der Waals surface area contributed by atoms with Crippen molar-refractivity contribution in [3.8, 4) is 17.6 Å². The summed E-state index contributed by atoms with van der Waals surface area (Å²) in [6.07, 6.45) is 5.41. The second kappa shape index (κ2) is 13.2. The smallest absolute Gasteiger partial charge is 0.328 e. The van der Waals surface area contributed by atoms with E-state index >= 15 is 0 Å². The lowest BCUT2D eigenvalue weighted by atomic mass is 10.1. The van der Waals surface area contributed by atoms with Crippen molar-refractivity contribution in [3.63, 3.8) is 0 Å². The lowest BCUT2D eigenvalue weighted by Crippen LogP contribution is -2.39. The SMILES string of the molecule is N#Cc1ccc(COc2cccc(OC3CCN(Cc4nc5ccc(/C=C/C(=O)O)nc5n4C[C@@H]4CCO4)CC3)c2)c(F)c1. The molecule has 0 radical (unpaired) electrons. The third kappa shape index (κ3) is 7.05. The summed E-state index contributed by atoms with van der Waals surface area (Å²) in [4.78, 5) is 22.9. The second-order valence-corrected chi connectivity index (χ2v) is 10.9. The van der Waals surface area contributed by atoms with Gasteiger partial charge in [0.25, 0.3) is 0 Å². The summed E-state index contributed by atoms with van der Waals surface area (Å²) in [6.45, 7) is 3.79. The first-order valence-electron chi connectivity index (χ1n) is 14.6. The summed E-state index contributed by atoms with van der Waals surface area (Å²) in [7, 11) is 0. The predicted molar refractivity (Wildman–Crippen MR) is 159 cm³/mol. The number of nitriles is 1. The molecule has 6 rings (SSSR count). The number of piperidine rings is 1. The fourth-order valence-corrected chi connectivity index (χ4v) is 5.37. The molecule has 2 aliphatic rings. The number of fused-ring (bicyclic) bond motifs is 1. The van der Waals surface area contributed by atoms with E-state index in [-0.39, 0.29) is 24.4 Å². The largest absolute Gasteiger partial charge is 0.490 e. The number of carboxylic acid groups (broad SMARTS) is 1. The Morgan fingerprint density at radius 1 is 1.11 bits per heavy atom. The minimum Gasteiger partial charge on any atom is -0.490 e. The maximum Gasteiger partial charge on any atom is 0.328 e. The molecule has 11 heteroatoms. The van der Waals surface area contributed by atoms with E-state index in [2.05, 4.69) is 9.47 Å². The molecule has 2 aromatic carbocycles. The molecule has 0 unspecified atom stereocenters. The Kier molecular flexibility index (Phi) is 8.81. The Bertz CT molecular complexity index is 1720. The van der Waals surface area contributed by atoms with Gasteiger partial charge >= 0.3 is 5.97 Å². The van der Waals surface area contributed by atoms with E-state index in [1.807, 2.05) is 30.3 Å². The third-order valence-corrected chi connectivity index (χ3v) is 7.85. The number of likely N-dealkylation sites (tertiary alicyclic amines) is 1. The van der Waals surface area contributed by atoms with Crippen molar-refractivity contribution in [2.45, 2.75) is 51.2 Å². The first-order valence-corrected chi connectivity index (χ1v) is 14.6.